The van der Waals surface area contributed by atoms with E-state index >= 15 is 0 Å². The zero-order valence-electron chi connectivity index (χ0n) is 11.4. The van der Waals surface area contributed by atoms with Crippen LogP contribution >= 0.6 is 22.6 Å². The maximum absolute atomic E-state index is 11.1. The first-order valence-corrected chi connectivity index (χ1v) is 7.42. The molecule has 0 spiro atoms. The molecule has 1 amide bonds. The molecule has 3 N–H and O–H groups in total. The zero-order valence-corrected chi connectivity index (χ0v) is 13.5. The van der Waals surface area contributed by atoms with Crippen LogP contribution in [0.2, 0.25) is 0 Å². The number of nitrogens with zero attached hydrogens (tertiary/aromatic N) is 2. The third-order valence-corrected chi connectivity index (χ3v) is 3.46. The Morgan fingerprint density at radius 2 is 2.25 bits per heavy atom. The molecule has 2 heterocycles. The van der Waals surface area contributed by atoms with Gasteiger partial charge in [-0.15, -0.1) is 0 Å². The van der Waals surface area contributed by atoms with Crippen LogP contribution in [-0.4, -0.2) is 27.0 Å². The lowest BCUT2D eigenvalue weighted by atomic mass is 10.1. The minimum atomic E-state index is -0.493. The van der Waals surface area contributed by atoms with Crippen LogP contribution in [0.3, 0.4) is 0 Å². The highest BCUT2D eigenvalue weighted by molar-refractivity contribution is 14.1. The van der Waals surface area contributed by atoms with Gasteiger partial charge in [0.25, 0.3) is 5.91 Å². The first-order valence-electron chi connectivity index (χ1n) is 6.34. The Bertz CT molecular complexity index is 624. The average molecular weight is 388 g/mol. The summed E-state index contributed by atoms with van der Waals surface area (Å²) in [4.78, 5) is 15.6. The van der Waals surface area contributed by atoms with Crippen LogP contribution in [0.5, 0.6) is 0 Å². The second-order valence-electron chi connectivity index (χ2n) is 4.97. The lowest BCUT2D eigenvalue weighted by molar-refractivity contribution is -0.127. The Balaban J connectivity index is 2.38. The predicted molar refractivity (Wildman–Crippen MR) is 84.9 cm³/mol. The summed E-state index contributed by atoms with van der Waals surface area (Å²) in [7, 11) is 0. The van der Waals surface area contributed by atoms with Crippen LogP contribution in [0.1, 0.15) is 19.5 Å². The Kier molecular flexibility index (Phi) is 4.81. The smallest absolute Gasteiger partial charge is 0.262 e. The van der Waals surface area contributed by atoms with E-state index in [1.165, 1.54) is 0 Å². The van der Waals surface area contributed by atoms with Gasteiger partial charge in [0.05, 0.1) is 12.2 Å². The quantitative estimate of drug-likeness (QED) is 0.416. The van der Waals surface area contributed by atoms with Gasteiger partial charge in [-0.25, -0.2) is 10.5 Å². The number of rotatable bonds is 5. The molecule has 2 rings (SSSR count). The number of amides is 1. The monoisotopic (exact) mass is 388 g/mol. The number of anilines is 1. The number of nitrogens with one attached hydrogen (secondary N) is 2. The molecule has 20 heavy (non-hydrogen) atoms. The number of carbonyl (C=O) groups is 1. The number of imidazole rings is 1. The number of aromatic nitrogens is 2. The van der Waals surface area contributed by atoms with Gasteiger partial charge < -0.3 is 9.72 Å². The van der Waals surface area contributed by atoms with Crippen molar-refractivity contribution in [1.82, 2.24) is 14.9 Å². The van der Waals surface area contributed by atoms with Crippen molar-refractivity contribution >= 4 is 40.0 Å². The second-order valence-corrected chi connectivity index (χ2v) is 6.21. The maximum atomic E-state index is 11.1. The number of carbonyl (C=O) groups excluding carboxylic acids is 1. The van der Waals surface area contributed by atoms with Gasteiger partial charge in [0.1, 0.15) is 11.5 Å². The number of hydroxylamine groups is 1. The van der Waals surface area contributed by atoms with Gasteiger partial charge in [-0.3, -0.25) is 10.0 Å². The zero-order chi connectivity index (χ0) is 14.7. The lowest BCUT2D eigenvalue weighted by Gasteiger charge is -2.09. The lowest BCUT2D eigenvalue weighted by Crippen LogP contribution is -2.27. The molecule has 0 bridgehead atoms. The van der Waals surface area contributed by atoms with Gasteiger partial charge in [-0.2, -0.15) is 0 Å². The molecule has 6 nitrogen and oxygen atoms in total. The van der Waals surface area contributed by atoms with Crippen LogP contribution in [0.15, 0.2) is 18.3 Å². The van der Waals surface area contributed by atoms with E-state index in [0.717, 1.165) is 21.3 Å². The number of fused-ring (bicyclic) bond motifs is 1. The fourth-order valence-electron chi connectivity index (χ4n) is 1.99. The number of pyridine rings is 1. The predicted octanol–water partition coefficient (Wildman–Crippen LogP) is 2.05. The number of hydrogen-bond acceptors (Lipinski definition) is 4. The van der Waals surface area contributed by atoms with E-state index in [9.17, 15) is 4.79 Å². The van der Waals surface area contributed by atoms with E-state index in [1.54, 1.807) is 5.48 Å². The Morgan fingerprint density at radius 3 is 2.90 bits per heavy atom. The molecule has 0 radical (unpaired) electrons. The average Bonchev–Trinajstić information content (AvgIpc) is 2.73. The normalized spacial score (nSPS) is 11.1. The van der Waals surface area contributed by atoms with Crippen molar-refractivity contribution in [3.63, 3.8) is 0 Å². The van der Waals surface area contributed by atoms with Crippen LogP contribution in [0.4, 0.5) is 5.82 Å². The topological polar surface area (TPSA) is 78.7 Å². The van der Waals surface area contributed by atoms with Gasteiger partial charge in [0.2, 0.25) is 0 Å². The highest BCUT2D eigenvalue weighted by atomic mass is 127. The van der Waals surface area contributed by atoms with Gasteiger partial charge in [-0.1, -0.05) is 13.8 Å². The molecule has 0 unspecified atom stereocenters. The number of hydrogen-bond donors (Lipinski definition) is 3. The molecular weight excluding hydrogens is 371 g/mol. The van der Waals surface area contributed by atoms with Crippen molar-refractivity contribution < 1.29 is 10.0 Å². The molecule has 0 aliphatic carbocycles. The summed E-state index contributed by atoms with van der Waals surface area (Å²) in [5, 5.41) is 11.5. The van der Waals surface area contributed by atoms with Gasteiger partial charge in [0.15, 0.2) is 0 Å². The van der Waals surface area contributed by atoms with Gasteiger partial charge >= 0.3 is 0 Å². The highest BCUT2D eigenvalue weighted by Gasteiger charge is 2.14. The van der Waals surface area contributed by atoms with Crippen LogP contribution in [0.25, 0.3) is 5.65 Å². The van der Waals surface area contributed by atoms with Crippen LogP contribution in [0, 0.1) is 9.49 Å². The summed E-state index contributed by atoms with van der Waals surface area (Å²) < 4.78 is 3.16. The first kappa shape index (κ1) is 15.0. The molecule has 0 saturated heterocycles. The molecule has 2 aromatic heterocycles. The molecular formula is C13H17IN4O2. The summed E-state index contributed by atoms with van der Waals surface area (Å²) in [6.45, 7) is 4.26. The fourth-order valence-corrected chi connectivity index (χ4v) is 2.45. The van der Waals surface area contributed by atoms with Crippen molar-refractivity contribution in [2.24, 2.45) is 5.92 Å². The molecule has 108 valence electrons. The highest BCUT2D eigenvalue weighted by Crippen LogP contribution is 2.22. The Labute approximate surface area is 130 Å². The Hall–Kier alpha value is -1.35. The molecule has 0 aromatic carbocycles. The van der Waals surface area contributed by atoms with Crippen LogP contribution in [-0.2, 0) is 11.2 Å². The largest absolute Gasteiger partial charge is 0.359 e. The molecule has 0 atom stereocenters. The fraction of sp³-hybridized carbons (Fsp3) is 0.385. The summed E-state index contributed by atoms with van der Waals surface area (Å²) in [6.07, 6.45) is 2.88. The standard InChI is InChI=1S/C13H17IN4O2/c1-8(2)5-10-13(15-6-12(19)17-20)16-11-4-3-9(14)7-18(10)11/h3-4,7-8,15,20H,5-6H2,1-2H3,(H,17,19). The van der Waals surface area contributed by atoms with Gasteiger partial charge in [-0.05, 0) is 47.1 Å². The molecule has 0 aliphatic heterocycles. The van der Waals surface area contributed by atoms with E-state index in [-0.39, 0.29) is 6.54 Å². The summed E-state index contributed by atoms with van der Waals surface area (Å²) in [5.74, 6) is 0.663. The van der Waals surface area contributed by atoms with Crippen molar-refractivity contribution in [2.45, 2.75) is 20.3 Å². The van der Waals surface area contributed by atoms with Crippen LogP contribution < -0.4 is 10.8 Å². The summed E-state index contributed by atoms with van der Waals surface area (Å²) >= 11 is 2.26. The number of halogens is 1. The maximum Gasteiger partial charge on any atom is 0.262 e. The first-order chi connectivity index (χ1) is 9.51. The van der Waals surface area contributed by atoms with E-state index in [2.05, 4.69) is 46.7 Å². The van der Waals surface area contributed by atoms with Crippen molar-refractivity contribution in [2.75, 3.05) is 11.9 Å². The molecule has 7 heteroatoms. The minimum Gasteiger partial charge on any atom is -0.359 e. The SMILES string of the molecule is CC(C)Cc1c(NCC(=O)NO)nc2ccc(I)cn12. The summed E-state index contributed by atoms with van der Waals surface area (Å²) in [6, 6.07) is 3.94. The molecule has 0 aliphatic rings. The Morgan fingerprint density at radius 1 is 1.50 bits per heavy atom. The van der Waals surface area contributed by atoms with Gasteiger partial charge in [0, 0.05) is 9.77 Å². The summed E-state index contributed by atoms with van der Waals surface area (Å²) in [5.41, 5.74) is 3.48. The van der Waals surface area contributed by atoms with Crippen molar-refractivity contribution in [3.8, 4) is 0 Å². The van der Waals surface area contributed by atoms with E-state index in [0.29, 0.717) is 11.7 Å². The third kappa shape index (κ3) is 3.40. The van der Waals surface area contributed by atoms with Crippen molar-refractivity contribution in [1.29, 1.82) is 0 Å². The molecule has 2 aromatic rings. The van der Waals surface area contributed by atoms with E-state index < -0.39 is 5.91 Å². The third-order valence-electron chi connectivity index (χ3n) is 2.82. The van der Waals surface area contributed by atoms with E-state index in [1.807, 2.05) is 22.7 Å². The minimum absolute atomic E-state index is 0.0113. The molecule has 0 saturated carbocycles. The molecule has 0 fully saturated rings. The van der Waals surface area contributed by atoms with Crippen molar-refractivity contribution in [3.05, 3.63) is 27.6 Å². The van der Waals surface area contributed by atoms with E-state index in [4.69, 9.17) is 5.21 Å². The second kappa shape index (κ2) is 6.40.